The van der Waals surface area contributed by atoms with E-state index in [9.17, 15) is 0 Å². The Morgan fingerprint density at radius 3 is 2.22 bits per heavy atom. The number of tetrazole rings is 1. The van der Waals surface area contributed by atoms with Crippen molar-refractivity contribution in [2.24, 2.45) is 0 Å². The van der Waals surface area contributed by atoms with Crippen molar-refractivity contribution in [3.8, 4) is 11.4 Å². The number of aromatic nitrogens is 4. The lowest BCUT2D eigenvalue weighted by atomic mass is 9.84. The van der Waals surface area contributed by atoms with Gasteiger partial charge in [-0.3, -0.25) is 0 Å². The highest BCUT2D eigenvalue weighted by atomic mass is 32.2. The van der Waals surface area contributed by atoms with Gasteiger partial charge in [0.1, 0.15) is 5.75 Å². The normalized spacial score (nSPS) is 11.6. The average Bonchev–Trinajstić information content (AvgIpc) is 3.08. The Kier molecular flexibility index (Phi) is 5.56. The number of rotatable bonds is 5. The summed E-state index contributed by atoms with van der Waals surface area (Å²) in [6.07, 6.45) is 0. The van der Waals surface area contributed by atoms with Gasteiger partial charge in [0, 0.05) is 5.75 Å². The highest BCUT2D eigenvalue weighted by Crippen LogP contribution is 2.31. The van der Waals surface area contributed by atoms with E-state index in [1.165, 1.54) is 22.3 Å². The summed E-state index contributed by atoms with van der Waals surface area (Å²) in [6.45, 7) is 11.1. The van der Waals surface area contributed by atoms with Crippen molar-refractivity contribution in [1.82, 2.24) is 20.2 Å². The number of hydrogen-bond donors (Lipinski definition) is 0. The standard InChI is InChI=1S/C21H26N4OS/c1-14-11-16(21(3,4)5)12-15(2)19(14)13-27-20-22-23-24-25(20)17-7-9-18(26-6)10-8-17/h7-12H,13H2,1-6H3. The number of hydrogen-bond acceptors (Lipinski definition) is 5. The molecule has 0 amide bonds. The van der Waals surface area contributed by atoms with E-state index < -0.39 is 0 Å². The molecule has 0 saturated carbocycles. The fourth-order valence-electron chi connectivity index (χ4n) is 2.95. The van der Waals surface area contributed by atoms with Gasteiger partial charge in [-0.05, 0) is 76.2 Å². The monoisotopic (exact) mass is 382 g/mol. The van der Waals surface area contributed by atoms with Crippen LogP contribution in [0.3, 0.4) is 0 Å². The zero-order valence-electron chi connectivity index (χ0n) is 16.8. The molecule has 142 valence electrons. The Labute approximate surface area is 165 Å². The van der Waals surface area contributed by atoms with E-state index in [0.29, 0.717) is 0 Å². The van der Waals surface area contributed by atoms with Gasteiger partial charge in [-0.15, -0.1) is 5.10 Å². The van der Waals surface area contributed by atoms with E-state index in [1.807, 2.05) is 24.3 Å². The maximum Gasteiger partial charge on any atom is 0.214 e. The first-order valence-electron chi connectivity index (χ1n) is 8.96. The first-order valence-corrected chi connectivity index (χ1v) is 9.94. The summed E-state index contributed by atoms with van der Waals surface area (Å²) in [5.74, 6) is 1.64. The van der Waals surface area contributed by atoms with Gasteiger partial charge in [-0.2, -0.15) is 4.68 Å². The number of ether oxygens (including phenoxy) is 1. The predicted molar refractivity (Wildman–Crippen MR) is 110 cm³/mol. The van der Waals surface area contributed by atoms with E-state index in [4.69, 9.17) is 4.74 Å². The number of thioether (sulfide) groups is 1. The molecule has 5 nitrogen and oxygen atoms in total. The average molecular weight is 383 g/mol. The number of nitrogens with zero attached hydrogens (tertiary/aromatic N) is 4. The minimum atomic E-state index is 0.152. The van der Waals surface area contributed by atoms with Crippen LogP contribution in [-0.4, -0.2) is 27.3 Å². The van der Waals surface area contributed by atoms with Crippen molar-refractivity contribution in [3.63, 3.8) is 0 Å². The molecule has 1 heterocycles. The van der Waals surface area contributed by atoms with Gasteiger partial charge in [-0.25, -0.2) is 0 Å². The van der Waals surface area contributed by atoms with Gasteiger partial charge in [0.15, 0.2) is 0 Å². The molecule has 6 heteroatoms. The molecule has 1 aromatic heterocycles. The maximum atomic E-state index is 5.22. The van der Waals surface area contributed by atoms with Crippen molar-refractivity contribution in [1.29, 1.82) is 0 Å². The summed E-state index contributed by atoms with van der Waals surface area (Å²) in [5, 5.41) is 13.0. The second-order valence-electron chi connectivity index (χ2n) is 7.70. The van der Waals surface area contributed by atoms with Crippen LogP contribution in [0.4, 0.5) is 0 Å². The Bertz CT molecular complexity index is 903. The quantitative estimate of drug-likeness (QED) is 0.589. The summed E-state index contributed by atoms with van der Waals surface area (Å²) < 4.78 is 6.98. The SMILES string of the molecule is COc1ccc(-n2nnnc2SCc2c(C)cc(C(C)(C)C)cc2C)cc1. The van der Waals surface area contributed by atoms with Gasteiger partial charge in [0.25, 0.3) is 0 Å². The highest BCUT2D eigenvalue weighted by Gasteiger charge is 2.17. The lowest BCUT2D eigenvalue weighted by molar-refractivity contribution is 0.414. The van der Waals surface area contributed by atoms with Crippen molar-refractivity contribution >= 4 is 11.8 Å². The minimum absolute atomic E-state index is 0.152. The van der Waals surface area contributed by atoms with Crippen LogP contribution < -0.4 is 4.74 Å². The summed E-state index contributed by atoms with van der Waals surface area (Å²) in [7, 11) is 1.66. The Balaban J connectivity index is 1.81. The zero-order valence-corrected chi connectivity index (χ0v) is 17.6. The molecule has 0 fully saturated rings. The molecule has 3 rings (SSSR count). The second kappa shape index (κ2) is 7.72. The van der Waals surface area contributed by atoms with Crippen molar-refractivity contribution in [3.05, 3.63) is 58.7 Å². The molecule has 0 unspecified atom stereocenters. The fourth-order valence-corrected chi connectivity index (χ4v) is 4.03. The Morgan fingerprint density at radius 2 is 1.67 bits per heavy atom. The van der Waals surface area contributed by atoms with Gasteiger partial charge < -0.3 is 4.74 Å². The smallest absolute Gasteiger partial charge is 0.214 e. The number of methoxy groups -OCH3 is 1. The molecule has 27 heavy (non-hydrogen) atoms. The molecule has 0 saturated heterocycles. The van der Waals surface area contributed by atoms with Crippen molar-refractivity contribution in [2.75, 3.05) is 7.11 Å². The minimum Gasteiger partial charge on any atom is -0.497 e. The van der Waals surface area contributed by atoms with E-state index in [2.05, 4.69) is 62.3 Å². The molecule has 2 aromatic carbocycles. The number of benzene rings is 2. The van der Waals surface area contributed by atoms with Gasteiger partial charge in [0.2, 0.25) is 5.16 Å². The zero-order chi connectivity index (χ0) is 19.6. The molecular formula is C21H26N4OS. The summed E-state index contributed by atoms with van der Waals surface area (Å²) in [4.78, 5) is 0. The Morgan fingerprint density at radius 1 is 1.04 bits per heavy atom. The summed E-state index contributed by atoms with van der Waals surface area (Å²) >= 11 is 1.65. The van der Waals surface area contributed by atoms with Crippen LogP contribution in [0.2, 0.25) is 0 Å². The fraction of sp³-hybridized carbons (Fsp3) is 0.381. The summed E-state index contributed by atoms with van der Waals surface area (Å²) in [6, 6.07) is 12.3. The van der Waals surface area contributed by atoms with Crippen LogP contribution >= 0.6 is 11.8 Å². The van der Waals surface area contributed by atoms with E-state index >= 15 is 0 Å². The largest absolute Gasteiger partial charge is 0.497 e. The third kappa shape index (κ3) is 4.33. The van der Waals surface area contributed by atoms with E-state index in [-0.39, 0.29) is 5.41 Å². The van der Waals surface area contributed by atoms with Crippen LogP contribution in [0.25, 0.3) is 5.69 Å². The predicted octanol–water partition coefficient (Wildman–Crippen LogP) is 4.88. The lowest BCUT2D eigenvalue weighted by Gasteiger charge is -2.22. The molecule has 0 spiro atoms. The van der Waals surface area contributed by atoms with E-state index in [1.54, 1.807) is 23.6 Å². The summed E-state index contributed by atoms with van der Waals surface area (Å²) in [5.41, 5.74) is 6.41. The second-order valence-corrected chi connectivity index (χ2v) is 8.64. The molecule has 0 aliphatic heterocycles. The van der Waals surface area contributed by atoms with Gasteiger partial charge >= 0.3 is 0 Å². The molecule has 0 aliphatic rings. The molecule has 0 radical (unpaired) electrons. The first kappa shape index (κ1) is 19.4. The van der Waals surface area contributed by atoms with Crippen LogP contribution in [0.1, 0.15) is 43.0 Å². The van der Waals surface area contributed by atoms with Crippen LogP contribution in [0.5, 0.6) is 5.75 Å². The van der Waals surface area contributed by atoms with E-state index in [0.717, 1.165) is 22.3 Å². The Hall–Kier alpha value is -2.34. The van der Waals surface area contributed by atoms with Gasteiger partial charge in [-0.1, -0.05) is 44.7 Å². The molecule has 0 atom stereocenters. The topological polar surface area (TPSA) is 52.8 Å². The third-order valence-corrected chi connectivity index (χ3v) is 5.61. The molecule has 0 aliphatic carbocycles. The highest BCUT2D eigenvalue weighted by molar-refractivity contribution is 7.98. The molecule has 0 N–H and O–H groups in total. The van der Waals surface area contributed by atoms with Gasteiger partial charge in [0.05, 0.1) is 12.8 Å². The van der Waals surface area contributed by atoms with Crippen molar-refractivity contribution in [2.45, 2.75) is 50.9 Å². The third-order valence-electron chi connectivity index (χ3n) is 4.67. The number of aryl methyl sites for hydroxylation is 2. The van der Waals surface area contributed by atoms with Crippen LogP contribution in [0.15, 0.2) is 41.6 Å². The molecule has 0 bridgehead atoms. The van der Waals surface area contributed by atoms with Crippen molar-refractivity contribution < 1.29 is 4.74 Å². The van der Waals surface area contributed by atoms with Crippen LogP contribution in [0, 0.1) is 13.8 Å². The maximum absolute atomic E-state index is 5.22. The molecule has 3 aromatic rings. The molecular weight excluding hydrogens is 356 g/mol. The van der Waals surface area contributed by atoms with Crippen LogP contribution in [-0.2, 0) is 11.2 Å². The first-order chi connectivity index (χ1) is 12.8. The lowest BCUT2D eigenvalue weighted by Crippen LogP contribution is -2.12.